The van der Waals surface area contributed by atoms with Crippen molar-refractivity contribution in [1.82, 2.24) is 25.0 Å². The summed E-state index contributed by atoms with van der Waals surface area (Å²) in [7, 11) is 8.21. The number of likely N-dealkylation sites (N-methyl/N-ethyl adjacent to an activating group) is 2. The predicted molar refractivity (Wildman–Crippen MR) is 69.9 cm³/mol. The first-order chi connectivity index (χ1) is 7.95. The molecule has 0 aliphatic carbocycles. The minimum atomic E-state index is 0.112. The second kappa shape index (κ2) is 5.60. The monoisotopic (exact) mass is 239 g/mol. The quantitative estimate of drug-likeness (QED) is 0.793. The zero-order valence-electron chi connectivity index (χ0n) is 11.9. The number of hydrogen-bond donors (Lipinski definition) is 1. The zero-order valence-corrected chi connectivity index (χ0v) is 11.9. The molecule has 0 saturated carbocycles. The van der Waals surface area contributed by atoms with Gasteiger partial charge >= 0.3 is 0 Å². The third kappa shape index (κ3) is 2.84. The van der Waals surface area contributed by atoms with E-state index in [0.717, 1.165) is 18.7 Å². The van der Waals surface area contributed by atoms with Gasteiger partial charge in [-0.05, 0) is 34.5 Å². The molecule has 0 bridgehead atoms. The number of nitrogens with zero attached hydrogens (tertiary/aromatic N) is 4. The normalized spacial score (nSPS) is 17.1. The molecule has 0 radical (unpaired) electrons. The molecule has 5 nitrogen and oxygen atoms in total. The van der Waals surface area contributed by atoms with E-state index in [9.17, 15) is 0 Å². The van der Waals surface area contributed by atoms with E-state index < -0.39 is 0 Å². The van der Waals surface area contributed by atoms with E-state index >= 15 is 0 Å². The van der Waals surface area contributed by atoms with Crippen LogP contribution in [0.2, 0.25) is 0 Å². The van der Waals surface area contributed by atoms with Crippen LogP contribution in [0, 0.1) is 0 Å². The van der Waals surface area contributed by atoms with E-state index in [1.165, 1.54) is 0 Å². The van der Waals surface area contributed by atoms with Gasteiger partial charge in [0.1, 0.15) is 12.2 Å². The molecule has 1 aromatic rings. The number of rotatable bonds is 6. The third-order valence-electron chi connectivity index (χ3n) is 4.03. The van der Waals surface area contributed by atoms with Crippen molar-refractivity contribution in [3.8, 4) is 0 Å². The highest BCUT2D eigenvalue weighted by atomic mass is 15.3. The molecule has 0 fully saturated rings. The van der Waals surface area contributed by atoms with Crippen LogP contribution in [0.15, 0.2) is 6.33 Å². The number of aryl methyl sites for hydroxylation is 1. The van der Waals surface area contributed by atoms with Crippen molar-refractivity contribution in [2.45, 2.75) is 38.3 Å². The summed E-state index contributed by atoms with van der Waals surface area (Å²) in [5, 5.41) is 7.54. The lowest BCUT2D eigenvalue weighted by Gasteiger charge is -2.42. The molecule has 1 heterocycles. The molecule has 5 heteroatoms. The summed E-state index contributed by atoms with van der Waals surface area (Å²) in [5.74, 6) is 1.02. The summed E-state index contributed by atoms with van der Waals surface area (Å²) in [6, 6.07) is 0.352. The van der Waals surface area contributed by atoms with Crippen LogP contribution in [0.1, 0.15) is 26.1 Å². The molecular weight excluding hydrogens is 214 g/mol. The summed E-state index contributed by atoms with van der Waals surface area (Å²) >= 11 is 0. The Balaban J connectivity index is 2.88. The summed E-state index contributed by atoms with van der Waals surface area (Å²) in [5.41, 5.74) is 0.112. The Morgan fingerprint density at radius 1 is 1.53 bits per heavy atom. The lowest BCUT2D eigenvalue weighted by atomic mass is 9.86. The SMILES string of the molecule is CCC(C)(C(Cc1ncnn1C)NC)N(C)C. The molecule has 98 valence electrons. The van der Waals surface area contributed by atoms with Gasteiger partial charge in [-0.3, -0.25) is 4.68 Å². The summed E-state index contributed by atoms with van der Waals surface area (Å²) < 4.78 is 1.84. The number of hydrogen-bond acceptors (Lipinski definition) is 4. The first-order valence-corrected chi connectivity index (χ1v) is 6.13. The molecule has 1 aromatic heterocycles. The van der Waals surface area contributed by atoms with Crippen LogP contribution in [0.4, 0.5) is 0 Å². The summed E-state index contributed by atoms with van der Waals surface area (Å²) in [4.78, 5) is 6.59. The predicted octanol–water partition coefficient (Wildman–Crippen LogP) is 0.676. The molecule has 1 rings (SSSR count). The smallest absolute Gasteiger partial charge is 0.138 e. The molecule has 2 unspecified atom stereocenters. The molecule has 0 aromatic carbocycles. The van der Waals surface area contributed by atoms with Crippen LogP contribution in [-0.2, 0) is 13.5 Å². The fourth-order valence-electron chi connectivity index (χ4n) is 2.19. The third-order valence-corrected chi connectivity index (χ3v) is 4.03. The lowest BCUT2D eigenvalue weighted by Crippen LogP contribution is -2.57. The highest BCUT2D eigenvalue weighted by Gasteiger charge is 2.34. The van der Waals surface area contributed by atoms with Crippen molar-refractivity contribution in [2.24, 2.45) is 7.05 Å². The minimum Gasteiger partial charge on any atom is -0.315 e. The molecule has 0 aliphatic rings. The number of aromatic nitrogens is 3. The van der Waals surface area contributed by atoms with Gasteiger partial charge in [0, 0.05) is 25.0 Å². The topological polar surface area (TPSA) is 46.0 Å². The second-order valence-corrected chi connectivity index (χ2v) is 4.95. The molecule has 0 spiro atoms. The lowest BCUT2D eigenvalue weighted by molar-refractivity contribution is 0.115. The van der Waals surface area contributed by atoms with Crippen LogP contribution in [0.5, 0.6) is 0 Å². The maximum Gasteiger partial charge on any atom is 0.138 e. The molecule has 2 atom stereocenters. The Labute approximate surface area is 104 Å². The van der Waals surface area contributed by atoms with Crippen molar-refractivity contribution >= 4 is 0 Å². The van der Waals surface area contributed by atoms with E-state index in [4.69, 9.17) is 0 Å². The average Bonchev–Trinajstić information content (AvgIpc) is 2.70. The van der Waals surface area contributed by atoms with E-state index in [1.807, 2.05) is 18.8 Å². The van der Waals surface area contributed by atoms with Gasteiger partial charge in [0.05, 0.1) is 0 Å². The molecular formula is C12H25N5. The van der Waals surface area contributed by atoms with Crippen LogP contribution < -0.4 is 5.32 Å². The van der Waals surface area contributed by atoms with Crippen LogP contribution in [0.25, 0.3) is 0 Å². The summed E-state index contributed by atoms with van der Waals surface area (Å²) in [6.45, 7) is 4.51. The maximum absolute atomic E-state index is 4.30. The zero-order chi connectivity index (χ0) is 13.1. The van der Waals surface area contributed by atoms with Crippen molar-refractivity contribution in [3.63, 3.8) is 0 Å². The molecule has 0 amide bonds. The van der Waals surface area contributed by atoms with Gasteiger partial charge in [0.25, 0.3) is 0 Å². The van der Waals surface area contributed by atoms with Gasteiger partial charge in [0.2, 0.25) is 0 Å². The largest absolute Gasteiger partial charge is 0.315 e. The Kier molecular flexibility index (Phi) is 4.65. The first kappa shape index (κ1) is 14.1. The van der Waals surface area contributed by atoms with Crippen molar-refractivity contribution in [3.05, 3.63) is 12.2 Å². The van der Waals surface area contributed by atoms with Crippen molar-refractivity contribution < 1.29 is 0 Å². The Morgan fingerprint density at radius 3 is 2.53 bits per heavy atom. The van der Waals surface area contributed by atoms with Crippen molar-refractivity contribution in [1.29, 1.82) is 0 Å². The van der Waals surface area contributed by atoms with E-state index in [2.05, 4.69) is 48.2 Å². The van der Waals surface area contributed by atoms with Crippen molar-refractivity contribution in [2.75, 3.05) is 21.1 Å². The van der Waals surface area contributed by atoms with Crippen LogP contribution >= 0.6 is 0 Å². The van der Waals surface area contributed by atoms with E-state index in [1.54, 1.807) is 6.33 Å². The molecule has 0 saturated heterocycles. The van der Waals surface area contributed by atoms with Gasteiger partial charge in [-0.15, -0.1) is 0 Å². The fraction of sp³-hybridized carbons (Fsp3) is 0.833. The Bertz CT molecular complexity index is 346. The van der Waals surface area contributed by atoms with Gasteiger partial charge in [0.15, 0.2) is 0 Å². The van der Waals surface area contributed by atoms with E-state index in [0.29, 0.717) is 6.04 Å². The molecule has 1 N–H and O–H groups in total. The second-order valence-electron chi connectivity index (χ2n) is 4.95. The average molecular weight is 239 g/mol. The molecule has 17 heavy (non-hydrogen) atoms. The fourth-order valence-corrected chi connectivity index (χ4v) is 2.19. The molecule has 0 aliphatic heterocycles. The minimum absolute atomic E-state index is 0.112. The highest BCUT2D eigenvalue weighted by Crippen LogP contribution is 2.23. The Morgan fingerprint density at radius 2 is 2.18 bits per heavy atom. The standard InChI is InChI=1S/C12H25N5/c1-7-12(2,16(4)5)10(13-3)8-11-14-9-15-17(11)6/h9-10,13H,7-8H2,1-6H3. The highest BCUT2D eigenvalue weighted by molar-refractivity contribution is 5.00. The van der Waals surface area contributed by atoms with Gasteiger partial charge < -0.3 is 10.2 Å². The van der Waals surface area contributed by atoms with Crippen LogP contribution in [-0.4, -0.2) is 52.4 Å². The Hall–Kier alpha value is -0.940. The van der Waals surface area contributed by atoms with Gasteiger partial charge in [-0.2, -0.15) is 5.10 Å². The number of nitrogens with one attached hydrogen (secondary N) is 1. The summed E-state index contributed by atoms with van der Waals surface area (Å²) in [6.07, 6.45) is 3.58. The first-order valence-electron chi connectivity index (χ1n) is 6.13. The van der Waals surface area contributed by atoms with E-state index in [-0.39, 0.29) is 5.54 Å². The maximum atomic E-state index is 4.30. The van der Waals surface area contributed by atoms with Gasteiger partial charge in [-0.25, -0.2) is 4.98 Å². The van der Waals surface area contributed by atoms with Gasteiger partial charge in [-0.1, -0.05) is 6.92 Å². The van der Waals surface area contributed by atoms with Crippen LogP contribution in [0.3, 0.4) is 0 Å².